The lowest BCUT2D eigenvalue weighted by Gasteiger charge is -2.17. The first kappa shape index (κ1) is 12.8. The largest absolute Gasteiger partial charge is 0.320 e. The molecule has 2 fully saturated rings. The van der Waals surface area contributed by atoms with Gasteiger partial charge in [-0.05, 0) is 24.1 Å². The van der Waals surface area contributed by atoms with Crippen molar-refractivity contribution < 1.29 is 14.0 Å². The molecule has 1 aliphatic carbocycles. The fraction of sp³-hybridized carbons (Fsp3) is 0.333. The van der Waals surface area contributed by atoms with Crippen LogP contribution in [0.5, 0.6) is 0 Å². The third kappa shape index (κ3) is 2.08. The van der Waals surface area contributed by atoms with E-state index < -0.39 is 5.82 Å². The van der Waals surface area contributed by atoms with E-state index >= 15 is 0 Å². The Morgan fingerprint density at radius 3 is 2.65 bits per heavy atom. The number of amides is 2. The summed E-state index contributed by atoms with van der Waals surface area (Å²) in [6, 6.07) is 4.15. The average molecular weight is 272 g/mol. The van der Waals surface area contributed by atoms with Gasteiger partial charge in [0.15, 0.2) is 0 Å². The van der Waals surface area contributed by atoms with Gasteiger partial charge in [-0.1, -0.05) is 17.9 Å². The molecule has 4 nitrogen and oxygen atoms in total. The van der Waals surface area contributed by atoms with Crippen molar-refractivity contribution >= 4 is 11.8 Å². The highest BCUT2D eigenvalue weighted by Gasteiger charge is 2.58. The van der Waals surface area contributed by atoms with Gasteiger partial charge in [0.05, 0.1) is 24.9 Å². The quantitative estimate of drug-likeness (QED) is 0.635. The molecule has 1 heterocycles. The van der Waals surface area contributed by atoms with Gasteiger partial charge < -0.3 is 5.73 Å². The number of nitrogens with zero attached hydrogens (tertiary/aromatic N) is 1. The summed E-state index contributed by atoms with van der Waals surface area (Å²) < 4.78 is 13.3. The number of benzene rings is 1. The van der Waals surface area contributed by atoms with Crippen LogP contribution < -0.4 is 5.73 Å². The fourth-order valence-corrected chi connectivity index (χ4v) is 2.53. The van der Waals surface area contributed by atoms with Crippen molar-refractivity contribution in [1.29, 1.82) is 0 Å². The minimum atomic E-state index is -0.406. The molecule has 0 spiro atoms. The highest BCUT2D eigenvalue weighted by atomic mass is 19.1. The van der Waals surface area contributed by atoms with E-state index in [9.17, 15) is 14.0 Å². The van der Waals surface area contributed by atoms with Gasteiger partial charge in [0.1, 0.15) is 5.82 Å². The van der Waals surface area contributed by atoms with E-state index in [1.165, 1.54) is 17.0 Å². The number of rotatable bonds is 2. The van der Waals surface area contributed by atoms with Crippen LogP contribution in [0.1, 0.15) is 17.5 Å². The predicted molar refractivity (Wildman–Crippen MR) is 69.5 cm³/mol. The van der Waals surface area contributed by atoms with E-state index in [1.807, 2.05) is 0 Å². The molecule has 102 valence electrons. The molecule has 0 radical (unpaired) electrons. The molecule has 0 aromatic heterocycles. The summed E-state index contributed by atoms with van der Waals surface area (Å²) in [6.45, 7) is 0.321. The molecule has 2 aliphatic rings. The topological polar surface area (TPSA) is 63.4 Å². The number of hydrogen-bond donors (Lipinski definition) is 1. The molecule has 1 saturated carbocycles. The summed E-state index contributed by atoms with van der Waals surface area (Å²) in [5.41, 5.74) is 6.44. The molecule has 2 atom stereocenters. The van der Waals surface area contributed by atoms with Crippen LogP contribution in [0.15, 0.2) is 18.2 Å². The number of halogens is 1. The van der Waals surface area contributed by atoms with Crippen LogP contribution in [-0.4, -0.2) is 23.3 Å². The number of carbonyl (C=O) groups excluding carboxylic acids is 2. The van der Waals surface area contributed by atoms with Crippen LogP contribution in [0.3, 0.4) is 0 Å². The van der Waals surface area contributed by atoms with Gasteiger partial charge in [-0.3, -0.25) is 14.5 Å². The number of carbonyl (C=O) groups is 2. The van der Waals surface area contributed by atoms with Gasteiger partial charge in [0.25, 0.3) is 0 Å². The lowest BCUT2D eigenvalue weighted by Crippen LogP contribution is -2.32. The summed E-state index contributed by atoms with van der Waals surface area (Å²) in [5, 5.41) is 0. The highest BCUT2D eigenvalue weighted by Crippen LogP contribution is 2.47. The highest BCUT2D eigenvalue weighted by molar-refractivity contribution is 6.08. The minimum absolute atomic E-state index is 0.123. The minimum Gasteiger partial charge on any atom is -0.320 e. The summed E-state index contributed by atoms with van der Waals surface area (Å²) in [5.74, 6) is 4.54. The number of fused-ring (bicyclic) bond motifs is 1. The molecule has 1 aromatic carbocycles. The maximum Gasteiger partial charge on any atom is 0.233 e. The Balaban J connectivity index is 1.87. The molecule has 1 aliphatic heterocycles. The maximum absolute atomic E-state index is 13.3. The second-order valence-electron chi connectivity index (χ2n) is 5.02. The van der Waals surface area contributed by atoms with Gasteiger partial charge in [-0.25, -0.2) is 4.39 Å². The zero-order chi connectivity index (χ0) is 14.3. The molecule has 1 aromatic rings. The summed E-state index contributed by atoms with van der Waals surface area (Å²) in [6.07, 6.45) is 0.678. The van der Waals surface area contributed by atoms with Crippen LogP contribution in [-0.2, 0) is 16.1 Å². The van der Waals surface area contributed by atoms with Gasteiger partial charge >= 0.3 is 0 Å². The average Bonchev–Trinajstić information content (AvgIpc) is 3.18. The standard InChI is InChI=1S/C15H13FN2O2/c16-11-4-3-10(9(6-11)2-1-5-17)8-18-14(19)12-7-13(12)15(18)20/h3-4,6,12-13H,5,7-8,17H2. The SMILES string of the molecule is NCC#Cc1cc(F)ccc1CN1C(=O)C2CC2C1=O. The molecule has 1 saturated heterocycles. The second-order valence-corrected chi connectivity index (χ2v) is 5.02. The first-order valence-corrected chi connectivity index (χ1v) is 6.44. The first-order valence-electron chi connectivity index (χ1n) is 6.44. The van der Waals surface area contributed by atoms with Crippen molar-refractivity contribution in [2.45, 2.75) is 13.0 Å². The van der Waals surface area contributed by atoms with E-state index in [-0.39, 0.29) is 36.7 Å². The van der Waals surface area contributed by atoms with Crippen molar-refractivity contribution in [3.63, 3.8) is 0 Å². The number of imide groups is 1. The van der Waals surface area contributed by atoms with Crippen LogP contribution in [0, 0.1) is 29.5 Å². The van der Waals surface area contributed by atoms with Crippen molar-refractivity contribution in [1.82, 2.24) is 4.90 Å². The van der Waals surface area contributed by atoms with Gasteiger partial charge in [-0.15, -0.1) is 0 Å². The van der Waals surface area contributed by atoms with E-state index in [2.05, 4.69) is 11.8 Å². The van der Waals surface area contributed by atoms with Gasteiger partial charge in [0.2, 0.25) is 11.8 Å². The summed E-state index contributed by atoms with van der Waals surface area (Å²) in [4.78, 5) is 25.1. The van der Waals surface area contributed by atoms with Gasteiger partial charge in [0, 0.05) is 5.56 Å². The zero-order valence-corrected chi connectivity index (χ0v) is 10.7. The molecular formula is C15H13FN2O2. The van der Waals surface area contributed by atoms with Crippen molar-refractivity contribution in [2.75, 3.05) is 6.54 Å². The van der Waals surface area contributed by atoms with Crippen molar-refractivity contribution in [2.24, 2.45) is 17.6 Å². The number of nitrogens with two attached hydrogens (primary N) is 1. The Kier molecular flexibility index (Phi) is 3.03. The Labute approximate surface area is 115 Å². The normalized spacial score (nSPS) is 23.4. The van der Waals surface area contributed by atoms with E-state index in [1.54, 1.807) is 6.07 Å². The van der Waals surface area contributed by atoms with Crippen LogP contribution >= 0.6 is 0 Å². The maximum atomic E-state index is 13.3. The number of hydrogen-bond acceptors (Lipinski definition) is 3. The molecule has 2 amide bonds. The van der Waals surface area contributed by atoms with Crippen molar-refractivity contribution in [3.05, 3.63) is 35.1 Å². The summed E-state index contributed by atoms with van der Waals surface area (Å²) in [7, 11) is 0. The Morgan fingerprint density at radius 2 is 2.00 bits per heavy atom. The third-order valence-corrected chi connectivity index (χ3v) is 3.68. The lowest BCUT2D eigenvalue weighted by atomic mass is 10.1. The lowest BCUT2D eigenvalue weighted by molar-refractivity contribution is -0.142. The van der Waals surface area contributed by atoms with Crippen LogP contribution in [0.2, 0.25) is 0 Å². The first-order chi connectivity index (χ1) is 9.61. The smallest absolute Gasteiger partial charge is 0.233 e. The number of likely N-dealkylation sites (tertiary alicyclic amines) is 1. The monoisotopic (exact) mass is 272 g/mol. The predicted octanol–water partition coefficient (Wildman–Crippen LogP) is 0.641. The Morgan fingerprint density at radius 1 is 1.30 bits per heavy atom. The van der Waals surface area contributed by atoms with E-state index in [4.69, 9.17) is 5.73 Å². The molecule has 2 N–H and O–H groups in total. The third-order valence-electron chi connectivity index (χ3n) is 3.68. The summed E-state index contributed by atoms with van der Waals surface area (Å²) >= 11 is 0. The molecule has 20 heavy (non-hydrogen) atoms. The van der Waals surface area contributed by atoms with E-state index in [0.717, 1.165) is 0 Å². The fourth-order valence-electron chi connectivity index (χ4n) is 2.53. The molecule has 3 rings (SSSR count). The molecule has 0 bridgehead atoms. The molecule has 2 unspecified atom stereocenters. The van der Waals surface area contributed by atoms with Crippen LogP contribution in [0.4, 0.5) is 4.39 Å². The molecule has 5 heteroatoms. The Hall–Kier alpha value is -2.19. The van der Waals surface area contributed by atoms with Gasteiger partial charge in [-0.2, -0.15) is 0 Å². The number of piperidine rings is 1. The Bertz CT molecular complexity index is 640. The second kappa shape index (κ2) is 4.73. The van der Waals surface area contributed by atoms with Crippen molar-refractivity contribution in [3.8, 4) is 11.8 Å². The van der Waals surface area contributed by atoms with E-state index in [0.29, 0.717) is 17.5 Å². The zero-order valence-electron chi connectivity index (χ0n) is 10.7. The molecular weight excluding hydrogens is 259 g/mol. The van der Waals surface area contributed by atoms with Crippen LogP contribution in [0.25, 0.3) is 0 Å².